The van der Waals surface area contributed by atoms with Gasteiger partial charge in [-0.05, 0) is 73.3 Å². The second kappa shape index (κ2) is 4.88. The molecule has 2 aliphatic heterocycles. The smallest absolute Gasteiger partial charge is 0.334 e. The molecular weight excluding hydrogens is 338 g/mol. The summed E-state index contributed by atoms with van der Waals surface area (Å²) >= 11 is 0. The van der Waals surface area contributed by atoms with E-state index in [0.717, 1.165) is 44.3 Å². The van der Waals surface area contributed by atoms with Gasteiger partial charge < -0.3 is 9.84 Å². The topological polar surface area (TPSA) is 49.8 Å². The molecule has 4 bridgehead atoms. The van der Waals surface area contributed by atoms with Crippen LogP contribution in [0, 0.1) is 28.6 Å². The van der Waals surface area contributed by atoms with Gasteiger partial charge in [-0.1, -0.05) is 19.4 Å². The van der Waals surface area contributed by atoms with E-state index in [2.05, 4.69) is 18.7 Å². The maximum Gasteiger partial charge on any atom is 0.334 e. The summed E-state index contributed by atoms with van der Waals surface area (Å²) in [6.07, 6.45) is 7.43. The van der Waals surface area contributed by atoms with E-state index in [1.807, 2.05) is 0 Å². The van der Waals surface area contributed by atoms with Gasteiger partial charge in [0.25, 0.3) is 0 Å². The number of rotatable bonds is 1. The molecule has 2 saturated heterocycles. The Morgan fingerprint density at radius 3 is 2.81 bits per heavy atom. The van der Waals surface area contributed by atoms with Gasteiger partial charge in [-0.3, -0.25) is 4.90 Å². The summed E-state index contributed by atoms with van der Waals surface area (Å²) in [5.74, 6) is 1.28. The highest BCUT2D eigenvalue weighted by atomic mass is 16.5. The first-order valence-electron chi connectivity index (χ1n) is 10.9. The SMILES string of the molecule is COC(=O)C1=C2CCC3=C2[C@]2(C1)[C@@]1(C)CC[C@@H]4C(C)CN(C[C@@H]1CC3)[C@@]42O. The zero-order chi connectivity index (χ0) is 18.8. The van der Waals surface area contributed by atoms with Crippen LogP contribution in [0.5, 0.6) is 0 Å². The minimum atomic E-state index is -0.799. The summed E-state index contributed by atoms with van der Waals surface area (Å²) in [6, 6.07) is 0. The summed E-state index contributed by atoms with van der Waals surface area (Å²) in [6.45, 7) is 6.81. The van der Waals surface area contributed by atoms with E-state index < -0.39 is 5.72 Å². The average Bonchev–Trinajstić information content (AvgIpc) is 3.26. The maximum absolute atomic E-state index is 12.8. The lowest BCUT2D eigenvalue weighted by Gasteiger charge is -2.69. The molecule has 27 heavy (non-hydrogen) atoms. The van der Waals surface area contributed by atoms with Crippen LogP contribution >= 0.6 is 0 Å². The highest BCUT2D eigenvalue weighted by molar-refractivity contribution is 5.93. The maximum atomic E-state index is 12.8. The van der Waals surface area contributed by atoms with E-state index in [1.165, 1.54) is 31.1 Å². The molecule has 4 heteroatoms. The van der Waals surface area contributed by atoms with E-state index in [9.17, 15) is 9.90 Å². The molecule has 0 aromatic heterocycles. The first kappa shape index (κ1) is 16.8. The number of nitrogens with zero attached hydrogens (tertiary/aromatic N) is 1. The Morgan fingerprint density at radius 1 is 1.22 bits per heavy atom. The highest BCUT2D eigenvalue weighted by Gasteiger charge is 2.78. The van der Waals surface area contributed by atoms with Crippen molar-refractivity contribution in [1.29, 1.82) is 0 Å². The molecule has 0 aromatic carbocycles. The quantitative estimate of drug-likeness (QED) is 0.720. The van der Waals surface area contributed by atoms with Crippen molar-refractivity contribution in [3.8, 4) is 0 Å². The Bertz CT molecular complexity index is 827. The molecule has 0 amide bonds. The molecule has 4 aliphatic carbocycles. The Hall–Kier alpha value is -1.13. The highest BCUT2D eigenvalue weighted by Crippen LogP contribution is 2.78. The van der Waals surface area contributed by atoms with Gasteiger partial charge in [0.1, 0.15) is 5.72 Å². The van der Waals surface area contributed by atoms with Crippen LogP contribution in [0.15, 0.2) is 22.3 Å². The Kier molecular flexibility index (Phi) is 3.04. The van der Waals surface area contributed by atoms with Gasteiger partial charge in [0.15, 0.2) is 0 Å². The van der Waals surface area contributed by atoms with Gasteiger partial charge in [0.05, 0.1) is 7.11 Å². The largest absolute Gasteiger partial charge is 0.466 e. The van der Waals surface area contributed by atoms with Crippen molar-refractivity contribution in [2.75, 3.05) is 20.2 Å². The van der Waals surface area contributed by atoms with Crippen molar-refractivity contribution >= 4 is 5.97 Å². The molecule has 0 radical (unpaired) electrons. The number of aliphatic hydroxyl groups is 1. The number of methoxy groups -OCH3 is 1. The van der Waals surface area contributed by atoms with E-state index in [0.29, 0.717) is 24.2 Å². The fraction of sp³-hybridized carbons (Fsp3) is 0.783. The molecule has 4 nitrogen and oxygen atoms in total. The zero-order valence-electron chi connectivity index (χ0n) is 16.8. The predicted molar refractivity (Wildman–Crippen MR) is 102 cm³/mol. The lowest BCUT2D eigenvalue weighted by Crippen LogP contribution is -2.74. The van der Waals surface area contributed by atoms with Crippen LogP contribution in [0.1, 0.15) is 58.8 Å². The Morgan fingerprint density at radius 2 is 2.04 bits per heavy atom. The predicted octanol–water partition coefficient (Wildman–Crippen LogP) is 3.42. The third-order valence-corrected chi connectivity index (χ3v) is 9.91. The van der Waals surface area contributed by atoms with Crippen LogP contribution in [0.3, 0.4) is 0 Å². The Balaban J connectivity index is 1.67. The van der Waals surface area contributed by atoms with Crippen LogP contribution < -0.4 is 0 Å². The second-order valence-electron chi connectivity index (χ2n) is 10.4. The molecule has 1 spiro atoms. The summed E-state index contributed by atoms with van der Waals surface area (Å²) in [5.41, 5.74) is 4.06. The summed E-state index contributed by atoms with van der Waals surface area (Å²) in [4.78, 5) is 15.2. The zero-order valence-corrected chi connectivity index (χ0v) is 16.8. The number of hydrogen-bond donors (Lipinski definition) is 1. The molecule has 1 saturated carbocycles. The van der Waals surface area contributed by atoms with Crippen molar-refractivity contribution in [2.24, 2.45) is 28.6 Å². The molecular formula is C23H31NO3. The van der Waals surface area contributed by atoms with Crippen LogP contribution in [-0.4, -0.2) is 41.9 Å². The number of esters is 1. The van der Waals surface area contributed by atoms with Gasteiger partial charge in [-0.15, -0.1) is 0 Å². The number of piperidine rings is 1. The van der Waals surface area contributed by atoms with Gasteiger partial charge in [-0.25, -0.2) is 4.79 Å². The fourth-order valence-electron chi connectivity index (χ4n) is 8.83. The molecule has 6 aliphatic rings. The number of hydrogen-bond acceptors (Lipinski definition) is 4. The van der Waals surface area contributed by atoms with Gasteiger partial charge in [0.2, 0.25) is 0 Å². The summed E-state index contributed by atoms with van der Waals surface area (Å²) in [7, 11) is 1.50. The number of carbonyl (C=O) groups is 1. The average molecular weight is 370 g/mol. The molecule has 6 rings (SSSR count). The van der Waals surface area contributed by atoms with E-state index in [-0.39, 0.29) is 16.8 Å². The van der Waals surface area contributed by atoms with Gasteiger partial charge in [0, 0.05) is 30.0 Å². The normalized spacial score (nSPS) is 50.1. The van der Waals surface area contributed by atoms with Crippen molar-refractivity contribution < 1.29 is 14.6 Å². The third-order valence-electron chi connectivity index (χ3n) is 9.91. The van der Waals surface area contributed by atoms with E-state index >= 15 is 0 Å². The van der Waals surface area contributed by atoms with Crippen LogP contribution in [0.2, 0.25) is 0 Å². The summed E-state index contributed by atoms with van der Waals surface area (Å²) < 4.78 is 5.22. The molecule has 2 heterocycles. The van der Waals surface area contributed by atoms with Crippen LogP contribution in [0.4, 0.5) is 0 Å². The second-order valence-corrected chi connectivity index (χ2v) is 10.4. The van der Waals surface area contributed by atoms with Crippen molar-refractivity contribution in [3.05, 3.63) is 22.3 Å². The third kappa shape index (κ3) is 1.54. The Labute approximate surface area is 161 Å². The molecule has 1 N–H and O–H groups in total. The number of carbonyl (C=O) groups excluding carboxylic acids is 1. The standard InChI is InChI=1S/C23H31NO3/c1-13-11-24-12-15-6-4-14-5-7-16-17(20(25)27-3)10-22(19(14)16)21(15,2)9-8-18(13)23(22,24)26/h13,15,18,26H,4-12H2,1-3H3/t13?,15-,18+,21-,22+,23+/m0/s1. The van der Waals surface area contributed by atoms with Crippen molar-refractivity contribution in [3.63, 3.8) is 0 Å². The van der Waals surface area contributed by atoms with E-state index in [4.69, 9.17) is 4.74 Å². The molecule has 0 aromatic rings. The van der Waals surface area contributed by atoms with E-state index in [1.54, 1.807) is 5.57 Å². The monoisotopic (exact) mass is 369 g/mol. The van der Waals surface area contributed by atoms with Crippen LogP contribution in [0.25, 0.3) is 0 Å². The minimum Gasteiger partial charge on any atom is -0.466 e. The number of allylic oxidation sites excluding steroid dienone is 2. The lowest BCUT2D eigenvalue weighted by molar-refractivity contribution is -0.292. The lowest BCUT2D eigenvalue weighted by atomic mass is 9.42. The van der Waals surface area contributed by atoms with Crippen molar-refractivity contribution in [1.82, 2.24) is 4.90 Å². The van der Waals surface area contributed by atoms with Crippen LogP contribution in [-0.2, 0) is 9.53 Å². The van der Waals surface area contributed by atoms with Gasteiger partial charge in [-0.2, -0.15) is 0 Å². The number of ether oxygens (including phenoxy) is 1. The summed E-state index contributed by atoms with van der Waals surface area (Å²) in [5, 5.41) is 12.6. The molecule has 3 fully saturated rings. The molecule has 1 unspecified atom stereocenters. The first-order chi connectivity index (χ1) is 12.9. The van der Waals surface area contributed by atoms with Crippen molar-refractivity contribution in [2.45, 2.75) is 64.5 Å². The molecule has 146 valence electrons. The van der Waals surface area contributed by atoms with Gasteiger partial charge >= 0.3 is 5.97 Å². The minimum absolute atomic E-state index is 0.0707. The fourth-order valence-corrected chi connectivity index (χ4v) is 8.83. The molecule has 6 atom stereocenters. The first-order valence-corrected chi connectivity index (χ1v) is 10.9.